The number of carbonyl (C=O) groups excluding carboxylic acids is 2. The molecule has 1 saturated carbocycles. The number of aliphatic hydroxyl groups is 2. The van der Waals surface area contributed by atoms with E-state index in [1.165, 1.54) is 7.11 Å². The fourth-order valence-electron chi connectivity index (χ4n) is 6.68. The van der Waals surface area contributed by atoms with E-state index in [0.717, 1.165) is 48.1 Å². The summed E-state index contributed by atoms with van der Waals surface area (Å²) in [6.45, 7) is 2.53. The molecule has 234 valence electrons. The van der Waals surface area contributed by atoms with Gasteiger partial charge >= 0.3 is 0 Å². The van der Waals surface area contributed by atoms with Crippen LogP contribution in [0.3, 0.4) is 0 Å². The number of Topliss-reactive ketones (excluding diaryl/α,β-unsaturated/α-hetero) is 2. The first-order valence-corrected chi connectivity index (χ1v) is 15.5. The highest BCUT2D eigenvalue weighted by atomic mass is 16.5. The number of aromatic nitrogens is 1. The number of aryl methyl sites for hydroxylation is 1. The first-order valence-electron chi connectivity index (χ1n) is 15.5. The van der Waals surface area contributed by atoms with Crippen LogP contribution < -0.4 is 15.8 Å². The summed E-state index contributed by atoms with van der Waals surface area (Å²) in [6.07, 6.45) is 9.43. The lowest BCUT2D eigenvalue weighted by Gasteiger charge is -2.47. The number of rotatable bonds is 16. The second kappa shape index (κ2) is 14.8. The van der Waals surface area contributed by atoms with Crippen molar-refractivity contribution in [2.45, 2.75) is 89.6 Å². The Morgan fingerprint density at radius 2 is 1.93 bits per heavy atom. The van der Waals surface area contributed by atoms with Crippen LogP contribution in [0.4, 0.5) is 0 Å². The van der Waals surface area contributed by atoms with Gasteiger partial charge in [-0.15, -0.1) is 0 Å². The molecule has 1 fully saturated rings. The number of H-pyrrole nitrogens is 1. The lowest BCUT2D eigenvalue weighted by molar-refractivity contribution is -0.138. The van der Waals surface area contributed by atoms with E-state index in [-0.39, 0.29) is 37.4 Å². The zero-order valence-electron chi connectivity index (χ0n) is 25.5. The Balaban J connectivity index is 1.62. The Kier molecular flexibility index (Phi) is 11.1. The molecule has 0 unspecified atom stereocenters. The minimum atomic E-state index is -1.62. The highest BCUT2D eigenvalue weighted by Gasteiger charge is 2.48. The van der Waals surface area contributed by atoms with Crippen LogP contribution in [-0.2, 0) is 22.4 Å². The second-order valence-corrected chi connectivity index (χ2v) is 12.0. The number of carbonyl (C=O) groups is 2. The molecule has 0 amide bonds. The molecule has 0 saturated heterocycles. The Bertz CT molecular complexity index is 1330. The van der Waals surface area contributed by atoms with Crippen molar-refractivity contribution in [3.05, 3.63) is 70.3 Å². The average Bonchev–Trinajstić information content (AvgIpc) is 3.52. The van der Waals surface area contributed by atoms with E-state index in [2.05, 4.69) is 23.3 Å². The quantitative estimate of drug-likeness (QED) is 0.124. The number of ether oxygens (including phenoxy) is 1. The molecule has 9 heteroatoms. The molecule has 43 heavy (non-hydrogen) atoms. The van der Waals surface area contributed by atoms with Gasteiger partial charge in [-0.05, 0) is 67.0 Å². The van der Waals surface area contributed by atoms with Crippen LogP contribution in [0, 0.1) is 5.41 Å². The Labute approximate surface area is 254 Å². The maximum Gasteiger partial charge on any atom is 0.170 e. The van der Waals surface area contributed by atoms with Crippen molar-refractivity contribution in [3.8, 4) is 11.5 Å². The minimum Gasteiger partial charge on any atom is -0.504 e. The second-order valence-electron chi connectivity index (χ2n) is 12.0. The summed E-state index contributed by atoms with van der Waals surface area (Å²) < 4.78 is 5.57. The molecular weight excluding hydrogens is 546 g/mol. The molecule has 1 aromatic heterocycles. The fraction of sp³-hybridized carbons (Fsp3) is 0.529. The minimum absolute atomic E-state index is 0.0237. The summed E-state index contributed by atoms with van der Waals surface area (Å²) in [5, 5.41) is 36.1. The van der Waals surface area contributed by atoms with Gasteiger partial charge in [-0.3, -0.25) is 9.59 Å². The van der Waals surface area contributed by atoms with Crippen molar-refractivity contribution in [3.63, 3.8) is 0 Å². The van der Waals surface area contributed by atoms with Crippen molar-refractivity contribution >= 4 is 11.6 Å². The van der Waals surface area contributed by atoms with Crippen LogP contribution in [0.15, 0.2) is 53.5 Å². The molecule has 2 heterocycles. The molecular formula is C34H47N3O6. The van der Waals surface area contributed by atoms with Gasteiger partial charge in [0, 0.05) is 54.8 Å². The number of hydrogen-bond donors (Lipinski definition) is 6. The number of nitrogens with two attached hydrogens (primary N) is 1. The SMILES string of the molecule is CCCCCCCC(=O)[C@H](O)C(=O)CCc1cc(OC)c(O)c([C@@H]2C3=CCNC(N)=C3CC[C@@]2(CO)Cc2ccc[nH]2)c1. The fourth-order valence-corrected chi connectivity index (χ4v) is 6.68. The van der Waals surface area contributed by atoms with Gasteiger partial charge in [0.05, 0.1) is 12.9 Å². The Hall–Kier alpha value is -3.56. The third kappa shape index (κ3) is 7.33. The van der Waals surface area contributed by atoms with Crippen LogP contribution in [0.25, 0.3) is 0 Å². The molecule has 1 aliphatic heterocycles. The molecule has 7 N–H and O–H groups in total. The molecule has 3 atom stereocenters. The number of aromatic hydroxyl groups is 1. The summed E-state index contributed by atoms with van der Waals surface area (Å²) in [5.74, 6) is -0.515. The van der Waals surface area contributed by atoms with Crippen LogP contribution in [0.2, 0.25) is 0 Å². The van der Waals surface area contributed by atoms with Crippen molar-refractivity contribution in [2.75, 3.05) is 20.3 Å². The molecule has 0 radical (unpaired) electrons. The number of nitrogens with one attached hydrogen (secondary N) is 2. The number of aromatic amines is 1. The monoisotopic (exact) mass is 593 g/mol. The highest BCUT2D eigenvalue weighted by Crippen LogP contribution is 2.57. The van der Waals surface area contributed by atoms with Crippen molar-refractivity contribution in [1.82, 2.24) is 10.3 Å². The van der Waals surface area contributed by atoms with Gasteiger partial charge < -0.3 is 36.1 Å². The van der Waals surface area contributed by atoms with E-state index in [0.29, 0.717) is 43.6 Å². The molecule has 1 aromatic carbocycles. The number of allylic oxidation sites excluding steroid dienone is 2. The third-order valence-corrected chi connectivity index (χ3v) is 9.10. The molecule has 2 aromatic rings. The van der Waals surface area contributed by atoms with E-state index in [1.54, 1.807) is 6.07 Å². The zero-order valence-corrected chi connectivity index (χ0v) is 25.5. The van der Waals surface area contributed by atoms with Crippen molar-refractivity contribution in [2.24, 2.45) is 11.1 Å². The van der Waals surface area contributed by atoms with Gasteiger partial charge in [-0.1, -0.05) is 44.7 Å². The average molecular weight is 594 g/mol. The first-order chi connectivity index (χ1) is 20.7. The molecule has 1 aliphatic carbocycles. The predicted octanol–water partition coefficient (Wildman–Crippen LogP) is 4.32. The van der Waals surface area contributed by atoms with Crippen molar-refractivity contribution in [1.29, 1.82) is 0 Å². The largest absolute Gasteiger partial charge is 0.504 e. The van der Waals surface area contributed by atoms with Gasteiger partial charge in [-0.2, -0.15) is 0 Å². The number of dihydropyridines is 1. The smallest absolute Gasteiger partial charge is 0.170 e. The summed E-state index contributed by atoms with van der Waals surface area (Å²) in [4.78, 5) is 28.5. The number of phenols is 1. The van der Waals surface area contributed by atoms with Crippen LogP contribution >= 0.6 is 0 Å². The Morgan fingerprint density at radius 1 is 1.16 bits per heavy atom. The number of methoxy groups -OCH3 is 1. The molecule has 9 nitrogen and oxygen atoms in total. The van der Waals surface area contributed by atoms with Gasteiger partial charge in [0.25, 0.3) is 0 Å². The number of benzene rings is 1. The van der Waals surface area contributed by atoms with E-state index >= 15 is 0 Å². The maximum atomic E-state index is 12.8. The standard InChI is InChI=1S/C34H47N3O6/c1-3-4-5-6-7-10-27(39)32(42)28(40)12-11-22-18-26(31(41)29(19-22)43-2)30-24-14-17-37-33(35)25(24)13-15-34(30,21-38)20-23-9-8-16-36-23/h8-9,14,16,18-19,30,32,36-38,41-42H,3-7,10-13,15,17,20-21,35H2,1-2H3/t30-,32-,34-/m0/s1. The number of unbranched alkanes of at least 4 members (excludes halogenated alkanes) is 4. The van der Waals surface area contributed by atoms with E-state index in [1.807, 2.05) is 24.4 Å². The lowest BCUT2D eigenvalue weighted by Crippen LogP contribution is -2.42. The number of fused-ring (bicyclic) bond motifs is 1. The first kappa shape index (κ1) is 32.4. The topological polar surface area (TPSA) is 158 Å². The summed E-state index contributed by atoms with van der Waals surface area (Å²) in [6, 6.07) is 7.46. The normalized spacial score (nSPS) is 20.7. The predicted molar refractivity (Wildman–Crippen MR) is 166 cm³/mol. The summed E-state index contributed by atoms with van der Waals surface area (Å²) in [7, 11) is 1.48. The number of hydrogen-bond acceptors (Lipinski definition) is 8. The Morgan fingerprint density at radius 3 is 2.63 bits per heavy atom. The molecule has 0 bridgehead atoms. The van der Waals surface area contributed by atoms with Gasteiger partial charge in [0.2, 0.25) is 0 Å². The lowest BCUT2D eigenvalue weighted by atomic mass is 9.58. The van der Waals surface area contributed by atoms with Crippen LogP contribution in [0.1, 0.15) is 87.4 Å². The van der Waals surface area contributed by atoms with E-state index in [9.17, 15) is 24.9 Å². The van der Waals surface area contributed by atoms with Crippen LogP contribution in [0.5, 0.6) is 11.5 Å². The molecule has 0 spiro atoms. The number of ketones is 2. The van der Waals surface area contributed by atoms with Gasteiger partial charge in [-0.25, -0.2) is 0 Å². The number of aliphatic hydroxyl groups excluding tert-OH is 2. The highest BCUT2D eigenvalue weighted by molar-refractivity contribution is 6.05. The van der Waals surface area contributed by atoms with E-state index in [4.69, 9.17) is 10.5 Å². The molecule has 2 aliphatic rings. The zero-order chi connectivity index (χ0) is 31.0. The van der Waals surface area contributed by atoms with Crippen molar-refractivity contribution < 1.29 is 29.6 Å². The summed E-state index contributed by atoms with van der Waals surface area (Å²) >= 11 is 0. The van der Waals surface area contributed by atoms with Gasteiger partial charge in [0.15, 0.2) is 29.2 Å². The molecule has 4 rings (SSSR count). The van der Waals surface area contributed by atoms with Gasteiger partial charge in [0.1, 0.15) is 0 Å². The maximum absolute atomic E-state index is 12.8. The van der Waals surface area contributed by atoms with Crippen LogP contribution in [-0.4, -0.2) is 58.2 Å². The third-order valence-electron chi connectivity index (χ3n) is 9.10. The number of phenolic OH excluding ortho intramolecular Hbond substituents is 1. The van der Waals surface area contributed by atoms with E-state index < -0.39 is 29.0 Å². The summed E-state index contributed by atoms with van der Waals surface area (Å²) in [5.41, 5.74) is 9.97.